The lowest BCUT2D eigenvalue weighted by molar-refractivity contribution is 0.413. The SMILES string of the molecule is CCn1cc(-c2cnc(C)c(-c3nnc(-c4ccc(CNC)cc4OC)o3)n2)ccc1=O.[HH].[HH]. The van der Waals surface area contributed by atoms with Gasteiger partial charge in [0.15, 0.2) is 0 Å². The normalized spacial score (nSPS) is 11.0. The van der Waals surface area contributed by atoms with E-state index >= 15 is 0 Å². The lowest BCUT2D eigenvalue weighted by Gasteiger charge is -2.08. The standard InChI is InChI=1S/C23H24N6O3.2H2/c1-5-29-13-16(7-9-20(29)30)18-12-25-14(2)21(26-18)23-28-27-22(32-23)17-8-6-15(11-24-3)10-19(17)31-4;;/h6-10,12-13,24H,5,11H2,1-4H3;2*1H. The number of aryl methyl sites for hydroxylation is 2. The highest BCUT2D eigenvalue weighted by atomic mass is 16.5. The van der Waals surface area contributed by atoms with Gasteiger partial charge in [0.2, 0.25) is 0 Å². The Balaban J connectivity index is 0.00000204. The minimum absolute atomic E-state index is 0. The first-order chi connectivity index (χ1) is 15.5. The molecular formula is C23H28N6O3. The fourth-order valence-electron chi connectivity index (χ4n) is 3.38. The summed E-state index contributed by atoms with van der Waals surface area (Å²) in [4.78, 5) is 21.0. The predicted molar refractivity (Wildman–Crippen MR) is 124 cm³/mol. The molecule has 3 heterocycles. The van der Waals surface area contributed by atoms with Crippen LogP contribution in [0.4, 0.5) is 0 Å². The van der Waals surface area contributed by atoms with Crippen LogP contribution in [0.15, 0.2) is 51.9 Å². The van der Waals surface area contributed by atoms with Crippen LogP contribution in [0, 0.1) is 6.92 Å². The van der Waals surface area contributed by atoms with E-state index in [4.69, 9.17) is 14.1 Å². The van der Waals surface area contributed by atoms with Crippen molar-refractivity contribution >= 4 is 0 Å². The van der Waals surface area contributed by atoms with E-state index in [2.05, 4.69) is 20.5 Å². The quantitative estimate of drug-likeness (QED) is 0.468. The smallest absolute Gasteiger partial charge is 0.268 e. The highest BCUT2D eigenvalue weighted by molar-refractivity contribution is 5.66. The average Bonchev–Trinajstić information content (AvgIpc) is 3.29. The first kappa shape index (κ1) is 21.4. The maximum Gasteiger partial charge on any atom is 0.268 e. The molecule has 1 N–H and O–H groups in total. The van der Waals surface area contributed by atoms with Gasteiger partial charge in [-0.25, -0.2) is 4.98 Å². The summed E-state index contributed by atoms with van der Waals surface area (Å²) in [6.45, 7) is 5.03. The average molecular weight is 437 g/mol. The van der Waals surface area contributed by atoms with Crippen LogP contribution in [-0.2, 0) is 13.1 Å². The van der Waals surface area contributed by atoms with E-state index in [1.165, 1.54) is 6.07 Å². The number of rotatable bonds is 7. The molecule has 0 unspecified atom stereocenters. The molecule has 3 aromatic heterocycles. The molecule has 4 rings (SSSR count). The van der Waals surface area contributed by atoms with Crippen molar-refractivity contribution in [2.24, 2.45) is 0 Å². The molecule has 0 radical (unpaired) electrons. The Labute approximate surface area is 188 Å². The largest absolute Gasteiger partial charge is 0.496 e. The first-order valence-electron chi connectivity index (χ1n) is 10.2. The molecule has 168 valence electrons. The van der Waals surface area contributed by atoms with Gasteiger partial charge in [0.1, 0.15) is 11.4 Å². The van der Waals surface area contributed by atoms with Crippen molar-refractivity contribution < 1.29 is 12.0 Å². The van der Waals surface area contributed by atoms with Gasteiger partial charge >= 0.3 is 0 Å². The summed E-state index contributed by atoms with van der Waals surface area (Å²) < 4.78 is 13.1. The van der Waals surface area contributed by atoms with Crippen molar-refractivity contribution in [2.75, 3.05) is 14.2 Å². The molecule has 0 saturated carbocycles. The second-order valence-electron chi connectivity index (χ2n) is 7.21. The number of aromatic nitrogens is 5. The number of hydrogen-bond acceptors (Lipinski definition) is 8. The first-order valence-corrected chi connectivity index (χ1v) is 10.2. The third-order valence-electron chi connectivity index (χ3n) is 5.08. The van der Waals surface area contributed by atoms with Gasteiger partial charge in [-0.3, -0.25) is 9.78 Å². The van der Waals surface area contributed by atoms with Crippen LogP contribution in [0.25, 0.3) is 34.3 Å². The van der Waals surface area contributed by atoms with E-state index < -0.39 is 0 Å². The Morgan fingerprint density at radius 3 is 2.75 bits per heavy atom. The zero-order valence-electron chi connectivity index (χ0n) is 18.4. The van der Waals surface area contributed by atoms with Crippen molar-refractivity contribution in [2.45, 2.75) is 26.9 Å². The predicted octanol–water partition coefficient (Wildman–Crippen LogP) is 3.57. The van der Waals surface area contributed by atoms with E-state index in [0.717, 1.165) is 17.7 Å². The molecule has 32 heavy (non-hydrogen) atoms. The van der Waals surface area contributed by atoms with E-state index in [1.54, 1.807) is 30.1 Å². The number of ether oxygens (including phenoxy) is 1. The Kier molecular flexibility index (Phi) is 6.09. The molecule has 0 fully saturated rings. The minimum atomic E-state index is -0.0622. The highest BCUT2D eigenvalue weighted by Crippen LogP contribution is 2.32. The van der Waals surface area contributed by atoms with Crippen LogP contribution in [0.2, 0.25) is 0 Å². The van der Waals surface area contributed by atoms with Crippen LogP contribution < -0.4 is 15.6 Å². The molecular weight excluding hydrogens is 408 g/mol. The Morgan fingerprint density at radius 1 is 1.19 bits per heavy atom. The van der Waals surface area contributed by atoms with Gasteiger partial charge < -0.3 is 19.0 Å². The third-order valence-corrected chi connectivity index (χ3v) is 5.08. The number of benzene rings is 1. The topological polar surface area (TPSA) is 108 Å². The van der Waals surface area contributed by atoms with Crippen LogP contribution in [-0.4, -0.2) is 38.9 Å². The van der Waals surface area contributed by atoms with Crippen molar-refractivity contribution in [1.82, 2.24) is 30.0 Å². The fourth-order valence-corrected chi connectivity index (χ4v) is 3.38. The van der Waals surface area contributed by atoms with Crippen LogP contribution >= 0.6 is 0 Å². The van der Waals surface area contributed by atoms with E-state index in [1.807, 2.05) is 39.1 Å². The second-order valence-corrected chi connectivity index (χ2v) is 7.21. The zero-order valence-corrected chi connectivity index (χ0v) is 18.4. The maximum absolute atomic E-state index is 11.9. The summed E-state index contributed by atoms with van der Waals surface area (Å²) in [5, 5.41) is 11.5. The molecule has 0 aliphatic heterocycles. The fraction of sp³-hybridized carbons (Fsp3) is 0.261. The summed E-state index contributed by atoms with van der Waals surface area (Å²) in [7, 11) is 3.49. The zero-order chi connectivity index (χ0) is 22.7. The number of hydrogen-bond donors (Lipinski definition) is 1. The minimum Gasteiger partial charge on any atom is -0.496 e. The monoisotopic (exact) mass is 436 g/mol. The summed E-state index contributed by atoms with van der Waals surface area (Å²) in [6, 6.07) is 9.06. The molecule has 9 nitrogen and oxygen atoms in total. The van der Waals surface area contributed by atoms with Gasteiger partial charge in [-0.1, -0.05) is 6.07 Å². The highest BCUT2D eigenvalue weighted by Gasteiger charge is 2.18. The van der Waals surface area contributed by atoms with Gasteiger partial charge in [-0.05, 0) is 44.7 Å². The van der Waals surface area contributed by atoms with E-state index in [-0.39, 0.29) is 14.3 Å². The molecule has 0 aliphatic rings. The number of nitrogens with one attached hydrogen (secondary N) is 1. The lowest BCUT2D eigenvalue weighted by Crippen LogP contribution is -2.17. The van der Waals surface area contributed by atoms with Crippen LogP contribution in [0.3, 0.4) is 0 Å². The molecule has 0 spiro atoms. The Hall–Kier alpha value is -3.85. The summed E-state index contributed by atoms with van der Waals surface area (Å²) in [6.07, 6.45) is 3.43. The van der Waals surface area contributed by atoms with Crippen LogP contribution in [0.5, 0.6) is 5.75 Å². The van der Waals surface area contributed by atoms with Gasteiger partial charge in [0.25, 0.3) is 17.3 Å². The van der Waals surface area contributed by atoms with Crippen molar-refractivity contribution in [3.63, 3.8) is 0 Å². The van der Waals surface area contributed by atoms with Gasteiger partial charge in [-0.2, -0.15) is 0 Å². The maximum atomic E-state index is 11.9. The van der Waals surface area contributed by atoms with Gasteiger partial charge in [0.05, 0.1) is 30.3 Å². The van der Waals surface area contributed by atoms with Crippen molar-refractivity contribution in [1.29, 1.82) is 0 Å². The molecule has 1 aromatic carbocycles. The molecule has 4 aromatic rings. The number of pyridine rings is 1. The molecule has 0 atom stereocenters. The number of nitrogens with zero attached hydrogens (tertiary/aromatic N) is 5. The molecule has 0 saturated heterocycles. The summed E-state index contributed by atoms with van der Waals surface area (Å²) in [5.41, 5.74) is 4.25. The molecule has 9 heteroatoms. The van der Waals surface area contributed by atoms with E-state index in [0.29, 0.717) is 40.8 Å². The lowest BCUT2D eigenvalue weighted by atomic mass is 10.1. The number of methoxy groups -OCH3 is 1. The van der Waals surface area contributed by atoms with Gasteiger partial charge in [0, 0.05) is 33.8 Å². The Bertz CT molecular complexity index is 1320. The summed E-state index contributed by atoms with van der Waals surface area (Å²) >= 11 is 0. The van der Waals surface area contributed by atoms with Crippen LogP contribution in [0.1, 0.15) is 21.0 Å². The Morgan fingerprint density at radius 2 is 2.00 bits per heavy atom. The third kappa shape index (κ3) is 4.15. The molecule has 0 amide bonds. The molecule has 0 bridgehead atoms. The second kappa shape index (κ2) is 9.11. The molecule has 0 aliphatic carbocycles. The van der Waals surface area contributed by atoms with E-state index in [9.17, 15) is 4.79 Å². The van der Waals surface area contributed by atoms with Crippen molar-refractivity contribution in [3.8, 4) is 40.0 Å². The van der Waals surface area contributed by atoms with Crippen molar-refractivity contribution in [3.05, 3.63) is 64.3 Å². The van der Waals surface area contributed by atoms with Gasteiger partial charge in [-0.15, -0.1) is 10.2 Å². The summed E-state index contributed by atoms with van der Waals surface area (Å²) in [5.74, 6) is 1.24.